The van der Waals surface area contributed by atoms with Crippen LogP contribution in [0.1, 0.15) is 221 Å². The third-order valence-corrected chi connectivity index (χ3v) is 33.0. The molecule has 14 rings (SSSR count). The topological polar surface area (TPSA) is 257 Å². The van der Waals surface area contributed by atoms with Crippen molar-refractivity contribution in [2.24, 2.45) is 115 Å². The molecular weight excluding hydrogens is 1500 g/mol. The molecule has 7 heterocycles. The van der Waals surface area contributed by atoms with E-state index in [4.69, 9.17) is 80.5 Å². The van der Waals surface area contributed by atoms with Gasteiger partial charge in [0, 0.05) is 41.6 Å². The fourth-order valence-corrected chi connectivity index (χ4v) is 25.1. The average Bonchev–Trinajstić information content (AvgIpc) is 0.736. The summed E-state index contributed by atoms with van der Waals surface area (Å²) < 4.78 is 118. The molecule has 23 heteroatoms. The number of allylic oxidation sites excluding steroid dienone is 2. The molecule has 658 valence electrons. The lowest BCUT2D eigenvalue weighted by molar-refractivity contribution is -0.374. The first-order chi connectivity index (χ1) is 56.0. The molecule has 38 atom stereocenters. The number of rotatable bonds is 25. The summed E-state index contributed by atoms with van der Waals surface area (Å²) in [5.41, 5.74) is 10.2. The van der Waals surface area contributed by atoms with E-state index in [2.05, 4.69) is 132 Å². The molecule has 16 unspecified atom stereocenters. The summed E-state index contributed by atoms with van der Waals surface area (Å²) in [6, 6.07) is 19.2. The number of azide groups is 1. The summed E-state index contributed by atoms with van der Waals surface area (Å²) in [5, 5.41) is 4.40. The number of ketones is 1. The fourth-order valence-electron chi connectivity index (χ4n) is 25.1. The monoisotopic (exact) mass is 1650 g/mol. The second-order valence-electron chi connectivity index (χ2n) is 41.0. The maximum atomic E-state index is 16.8. The molecule has 11 fully saturated rings. The normalized spacial score (nSPS) is 47.7. The van der Waals surface area contributed by atoms with Crippen LogP contribution in [0, 0.1) is 109 Å². The Morgan fingerprint density at radius 2 is 1.22 bits per heavy atom. The molecule has 12 aliphatic rings. The second kappa shape index (κ2) is 35.6. The number of ether oxygens (including phenoxy) is 17. The first-order valence-electron chi connectivity index (χ1n) is 45.2. The number of aldehydes is 1. The first kappa shape index (κ1) is 89.9. The zero-order chi connectivity index (χ0) is 84.7. The van der Waals surface area contributed by atoms with Crippen molar-refractivity contribution in [3.05, 3.63) is 93.9 Å². The predicted molar refractivity (Wildman–Crippen MR) is 441 cm³/mol. The minimum Gasteiger partial charge on any atom is -0.432 e. The minimum absolute atomic E-state index is 0.00970. The van der Waals surface area contributed by atoms with Gasteiger partial charge in [0.2, 0.25) is 6.29 Å². The van der Waals surface area contributed by atoms with Crippen molar-refractivity contribution in [1.82, 2.24) is 0 Å². The average molecular weight is 1650 g/mol. The summed E-state index contributed by atoms with van der Waals surface area (Å²) >= 11 is 0. The highest BCUT2D eigenvalue weighted by molar-refractivity contribution is 5.81. The molecule has 0 spiro atoms. The van der Waals surface area contributed by atoms with Crippen molar-refractivity contribution in [2.45, 2.75) is 352 Å². The Balaban J connectivity index is 0.738. The van der Waals surface area contributed by atoms with E-state index in [1.807, 2.05) is 83.1 Å². The third kappa shape index (κ3) is 16.6. The number of carbonyl (C=O) groups excluding carboxylic acids is 3. The van der Waals surface area contributed by atoms with Gasteiger partial charge in [-0.25, -0.2) is 0 Å². The van der Waals surface area contributed by atoms with Crippen LogP contribution in [0.15, 0.2) is 77.4 Å². The van der Waals surface area contributed by atoms with E-state index in [1.54, 1.807) is 14.0 Å². The maximum Gasteiger partial charge on any atom is 0.317 e. The van der Waals surface area contributed by atoms with E-state index in [1.165, 1.54) is 11.9 Å². The van der Waals surface area contributed by atoms with E-state index in [9.17, 15) is 15.1 Å². The van der Waals surface area contributed by atoms with Gasteiger partial charge in [-0.05, 0) is 178 Å². The number of nitrogens with zero attached hydrogens (tertiary/aromatic N) is 3. The molecule has 23 nitrogen and oxygen atoms in total. The second-order valence-corrected chi connectivity index (χ2v) is 41.0. The molecule has 0 radical (unpaired) electrons. The minimum atomic E-state index is -1.31. The highest BCUT2D eigenvalue weighted by Crippen LogP contribution is 2.76. The number of carbonyl (C=O) groups is 3. The fraction of sp³-hybridized carbons (Fsp3) is 0.821. The molecule has 2 aromatic rings. The van der Waals surface area contributed by atoms with Crippen molar-refractivity contribution in [3.8, 4) is 0 Å². The molecule has 0 bridgehead atoms. The number of benzene rings is 2. The van der Waals surface area contributed by atoms with E-state index in [0.717, 1.165) is 49.7 Å². The van der Waals surface area contributed by atoms with Crippen LogP contribution >= 0.6 is 0 Å². The van der Waals surface area contributed by atoms with Gasteiger partial charge >= 0.3 is 5.97 Å². The number of Topliss-reactive ketones (excluding diaryl/α,β-unsaturated/α-hetero) is 1. The Labute approximate surface area is 703 Å². The highest BCUT2D eigenvalue weighted by atomic mass is 16.8. The van der Waals surface area contributed by atoms with Gasteiger partial charge in [0.25, 0.3) is 0 Å². The van der Waals surface area contributed by atoms with Gasteiger partial charge < -0.3 is 85.3 Å². The predicted octanol–water partition coefficient (Wildman–Crippen LogP) is 17.1. The van der Waals surface area contributed by atoms with Crippen molar-refractivity contribution < 1.29 is 94.9 Å². The van der Waals surface area contributed by atoms with E-state index < -0.39 is 151 Å². The number of hydrogen-bond acceptors (Lipinski definition) is 21. The molecule has 118 heavy (non-hydrogen) atoms. The third-order valence-electron chi connectivity index (χ3n) is 33.0. The van der Waals surface area contributed by atoms with Crippen LogP contribution in [0.25, 0.3) is 10.4 Å². The first-order valence-corrected chi connectivity index (χ1v) is 45.2. The summed E-state index contributed by atoms with van der Waals surface area (Å²) in [7, 11) is 1.75. The Morgan fingerprint density at radius 3 is 1.89 bits per heavy atom. The molecule has 2 aromatic carbocycles. The summed E-state index contributed by atoms with van der Waals surface area (Å²) in [4.78, 5) is 48.9. The van der Waals surface area contributed by atoms with Crippen molar-refractivity contribution in [3.63, 3.8) is 0 Å². The smallest absolute Gasteiger partial charge is 0.317 e. The van der Waals surface area contributed by atoms with Gasteiger partial charge in [0.15, 0.2) is 36.7 Å². The van der Waals surface area contributed by atoms with Gasteiger partial charge in [-0.1, -0.05) is 195 Å². The Bertz CT molecular complexity index is 3850. The van der Waals surface area contributed by atoms with Crippen molar-refractivity contribution >= 4 is 18.0 Å². The van der Waals surface area contributed by atoms with Gasteiger partial charge in [-0.15, -0.1) is 0 Å². The van der Waals surface area contributed by atoms with Crippen LogP contribution in [-0.2, 0) is 108 Å². The van der Waals surface area contributed by atoms with Gasteiger partial charge in [0.05, 0.1) is 93.8 Å². The molecule has 7 aliphatic heterocycles. The summed E-state index contributed by atoms with van der Waals surface area (Å²) in [6.45, 7) is 46.9. The zero-order valence-electron chi connectivity index (χ0n) is 74.8. The molecule has 5 aliphatic carbocycles. The lowest BCUT2D eigenvalue weighted by atomic mass is 9.33. The lowest BCUT2D eigenvalue weighted by Crippen LogP contribution is -2.69. The Hall–Kier alpha value is -4.34. The van der Waals surface area contributed by atoms with Gasteiger partial charge in [-0.2, -0.15) is 0 Å². The number of hydrogen-bond donors (Lipinski definition) is 0. The molecule has 0 N–H and O–H groups in total. The quantitative estimate of drug-likeness (QED) is 0.0170. The SMILES string of the molecule is CCC1O[C@@H](OC2[C@H](O[C@H]3CCC4(C)C5CC=C6C7CC(C)(C)CC[C@]7(C(=O)O[C@@H]7OC(COCc8ccccc8)[C@H](N=[N+]=[N-])C(C)C7OC[C@@H]7O[C@H](C)[C@H](O[C@@H]8OC[C@@H](C)C(OCc9ccccc9)C8C)C8OC(C)(C)OC87)C(OC)C[C@@]6(C)[C@@]5(C)CC[C@H]4[C@@]3(C)C=O)OC(C(C)=O)[C@@H](C)[C@@H]2O[C@@H]2OC[C@@H](C)[C@H](C)C2C)C(C)[C@@H](C)[C@H]1C. The van der Waals surface area contributed by atoms with Crippen LogP contribution < -0.4 is 0 Å². The maximum absolute atomic E-state index is 16.8. The standard InChI is InChI=1S/C95H143N3O20/c1-23-67-55(6)54(5)57(8)85(109-67)115-82-77(113-83-56(7)53(4)51(2)44-106-83)59(10)76(61(12)100)112-87(82)111-72-37-38-91(18)70(92(72,19)50-99)36-39-93(20)71(91)35-34-65-66-42-89(14,15)40-41-95(66,73(102-22)43-94(65,93)21)88(101)116-86-78(58(9)74(97-98-96)68(110-86)48-103-46-63-30-26-24-27-31-63)105-49-69-80-81(118-90(16,17)117-80)79(62(13)108-69)114-84-60(11)75(52(3)45-107-84)104-47-64-32-28-25-29-33-64/h24-34,50-60,62,66-87H,23,35-49H2,1-22H3/t51-,52-,53+,54+,55-,56?,57?,58?,59-,60?,62-,66?,67?,68?,69+,70-,71?,72+,73?,74-,75?,76?,77+,78?,79+,80?,81?,82?,83+,84+,85+,86+,87-,91?,92-,93+,94-,95-/m1/s1. The summed E-state index contributed by atoms with van der Waals surface area (Å²) in [5.74, 6) is -1.61. The van der Waals surface area contributed by atoms with Crippen LogP contribution in [0.2, 0.25) is 0 Å². The van der Waals surface area contributed by atoms with E-state index >= 15 is 4.79 Å². The zero-order valence-corrected chi connectivity index (χ0v) is 74.8. The van der Waals surface area contributed by atoms with Crippen LogP contribution in [0.4, 0.5) is 0 Å². The number of fused-ring (bicyclic) bond motifs is 8. The summed E-state index contributed by atoms with van der Waals surface area (Å²) in [6.07, 6.45) is -2.35. The van der Waals surface area contributed by atoms with Gasteiger partial charge in [-0.3, -0.25) is 9.59 Å². The van der Waals surface area contributed by atoms with Crippen LogP contribution in [-0.4, -0.2) is 180 Å². The Morgan fingerprint density at radius 1 is 0.576 bits per heavy atom. The van der Waals surface area contributed by atoms with Gasteiger partial charge in [0.1, 0.15) is 54.4 Å². The molecular formula is C95H143N3O20. The molecule has 4 saturated carbocycles. The highest BCUT2D eigenvalue weighted by Gasteiger charge is 2.73. The number of methoxy groups -OCH3 is 1. The van der Waals surface area contributed by atoms with Crippen molar-refractivity contribution in [2.75, 3.05) is 33.5 Å². The lowest BCUT2D eigenvalue weighted by Gasteiger charge is -2.71. The van der Waals surface area contributed by atoms with Crippen LogP contribution in [0.3, 0.4) is 0 Å². The molecule has 7 saturated heterocycles. The van der Waals surface area contributed by atoms with E-state index in [-0.39, 0.29) is 101 Å². The largest absolute Gasteiger partial charge is 0.432 e. The number of esters is 1. The van der Waals surface area contributed by atoms with E-state index in [0.29, 0.717) is 63.3 Å². The Kier molecular flexibility index (Phi) is 27.1. The molecule has 0 amide bonds. The van der Waals surface area contributed by atoms with Crippen LogP contribution in [0.5, 0.6) is 0 Å². The van der Waals surface area contributed by atoms with Crippen molar-refractivity contribution in [1.29, 1.82) is 0 Å². The molecule has 0 aromatic heterocycles.